The van der Waals surface area contributed by atoms with Gasteiger partial charge in [-0.05, 0) is 29.8 Å². The van der Waals surface area contributed by atoms with Crippen molar-refractivity contribution < 1.29 is 27.4 Å². The SMILES string of the molecule is COc1cc(NC(=O)c2ccc(-c3ccc(S(=O)(=O)N4CCOCC4)s3)cc2)cc(OC)c1. The van der Waals surface area contributed by atoms with E-state index in [2.05, 4.69) is 5.32 Å². The van der Waals surface area contributed by atoms with E-state index in [0.717, 1.165) is 10.4 Å². The van der Waals surface area contributed by atoms with Crippen LogP contribution in [0.4, 0.5) is 5.69 Å². The minimum Gasteiger partial charge on any atom is -0.497 e. The van der Waals surface area contributed by atoms with E-state index in [-0.39, 0.29) is 5.91 Å². The van der Waals surface area contributed by atoms with E-state index in [9.17, 15) is 13.2 Å². The molecule has 174 valence electrons. The van der Waals surface area contributed by atoms with Crippen LogP contribution in [0.15, 0.2) is 58.8 Å². The van der Waals surface area contributed by atoms with Crippen LogP contribution in [0.5, 0.6) is 11.5 Å². The molecule has 0 spiro atoms. The Kier molecular flexibility index (Phi) is 6.99. The zero-order valence-corrected chi connectivity index (χ0v) is 19.9. The molecule has 0 bridgehead atoms. The monoisotopic (exact) mass is 488 g/mol. The normalized spacial score (nSPS) is 14.6. The lowest BCUT2D eigenvalue weighted by molar-refractivity contribution is 0.0731. The van der Waals surface area contributed by atoms with E-state index in [0.29, 0.717) is 53.3 Å². The van der Waals surface area contributed by atoms with Gasteiger partial charge < -0.3 is 19.5 Å². The van der Waals surface area contributed by atoms with Gasteiger partial charge in [-0.15, -0.1) is 11.3 Å². The van der Waals surface area contributed by atoms with Crippen LogP contribution in [0.25, 0.3) is 10.4 Å². The molecule has 0 aliphatic carbocycles. The molecule has 0 unspecified atom stereocenters. The molecule has 2 aromatic carbocycles. The summed E-state index contributed by atoms with van der Waals surface area (Å²) in [5.41, 5.74) is 1.86. The molecule has 1 fully saturated rings. The van der Waals surface area contributed by atoms with Gasteiger partial charge in [-0.3, -0.25) is 4.79 Å². The Morgan fingerprint density at radius 2 is 1.61 bits per heavy atom. The van der Waals surface area contributed by atoms with E-state index < -0.39 is 10.0 Å². The summed E-state index contributed by atoms with van der Waals surface area (Å²) < 4.78 is 43.2. The molecule has 2 heterocycles. The Bertz CT molecular complexity index is 1210. The molecule has 4 rings (SSSR count). The molecule has 8 nitrogen and oxygen atoms in total. The number of hydrogen-bond donors (Lipinski definition) is 1. The van der Waals surface area contributed by atoms with Gasteiger partial charge in [-0.1, -0.05) is 12.1 Å². The van der Waals surface area contributed by atoms with Crippen molar-refractivity contribution in [1.29, 1.82) is 0 Å². The summed E-state index contributed by atoms with van der Waals surface area (Å²) in [6, 6.07) is 15.6. The lowest BCUT2D eigenvalue weighted by Crippen LogP contribution is -2.40. The summed E-state index contributed by atoms with van der Waals surface area (Å²) in [6.45, 7) is 1.53. The third-order valence-electron chi connectivity index (χ3n) is 5.19. The van der Waals surface area contributed by atoms with Crippen molar-refractivity contribution >= 4 is 33.0 Å². The van der Waals surface area contributed by atoms with Gasteiger partial charge in [0.05, 0.1) is 27.4 Å². The predicted molar refractivity (Wildman–Crippen MR) is 127 cm³/mol. The summed E-state index contributed by atoms with van der Waals surface area (Å²) in [5, 5.41) is 2.84. The molecule has 1 aliphatic heterocycles. The number of amides is 1. The van der Waals surface area contributed by atoms with E-state index >= 15 is 0 Å². The number of anilines is 1. The smallest absolute Gasteiger partial charge is 0.255 e. The zero-order valence-electron chi connectivity index (χ0n) is 18.2. The summed E-state index contributed by atoms with van der Waals surface area (Å²) in [6.07, 6.45) is 0. The summed E-state index contributed by atoms with van der Waals surface area (Å²) in [7, 11) is -0.444. The van der Waals surface area contributed by atoms with E-state index in [1.54, 1.807) is 68.8 Å². The van der Waals surface area contributed by atoms with Crippen molar-refractivity contribution in [2.24, 2.45) is 0 Å². The molecule has 0 saturated carbocycles. The number of carbonyl (C=O) groups is 1. The van der Waals surface area contributed by atoms with Crippen molar-refractivity contribution in [1.82, 2.24) is 4.31 Å². The van der Waals surface area contributed by atoms with Gasteiger partial charge in [-0.2, -0.15) is 4.31 Å². The van der Waals surface area contributed by atoms with Crippen LogP contribution in [0.1, 0.15) is 10.4 Å². The van der Waals surface area contributed by atoms with Crippen molar-refractivity contribution in [2.75, 3.05) is 45.8 Å². The molecule has 33 heavy (non-hydrogen) atoms. The molecule has 0 radical (unpaired) electrons. The summed E-state index contributed by atoms with van der Waals surface area (Å²) in [4.78, 5) is 13.5. The molecule has 1 saturated heterocycles. The highest BCUT2D eigenvalue weighted by Crippen LogP contribution is 2.33. The number of benzene rings is 2. The molecular formula is C23H24N2O6S2. The molecule has 0 atom stereocenters. The highest BCUT2D eigenvalue weighted by molar-refractivity contribution is 7.91. The first-order valence-corrected chi connectivity index (χ1v) is 12.5. The van der Waals surface area contributed by atoms with Gasteiger partial charge in [0.2, 0.25) is 0 Å². The van der Waals surface area contributed by atoms with Crippen LogP contribution >= 0.6 is 11.3 Å². The first-order chi connectivity index (χ1) is 15.9. The fourth-order valence-corrected chi connectivity index (χ4v) is 6.27. The van der Waals surface area contributed by atoms with Gasteiger partial charge in [0.25, 0.3) is 15.9 Å². The number of hydrogen-bond acceptors (Lipinski definition) is 7. The van der Waals surface area contributed by atoms with Crippen molar-refractivity contribution in [2.45, 2.75) is 4.21 Å². The highest BCUT2D eigenvalue weighted by Gasteiger charge is 2.27. The number of methoxy groups -OCH3 is 2. The van der Waals surface area contributed by atoms with Crippen LogP contribution in [0.2, 0.25) is 0 Å². The maximum absolute atomic E-state index is 12.9. The highest BCUT2D eigenvalue weighted by atomic mass is 32.2. The quantitative estimate of drug-likeness (QED) is 0.545. The topological polar surface area (TPSA) is 94.2 Å². The van der Waals surface area contributed by atoms with Crippen LogP contribution in [0.3, 0.4) is 0 Å². The number of ether oxygens (including phenoxy) is 3. The average Bonchev–Trinajstić information content (AvgIpc) is 3.35. The number of sulfonamides is 1. The number of nitrogens with one attached hydrogen (secondary N) is 1. The lowest BCUT2D eigenvalue weighted by Gasteiger charge is -2.25. The molecule has 10 heteroatoms. The maximum atomic E-state index is 12.9. The largest absolute Gasteiger partial charge is 0.497 e. The molecule has 1 aromatic heterocycles. The van der Waals surface area contributed by atoms with Crippen molar-refractivity contribution in [3.05, 3.63) is 60.2 Å². The average molecular weight is 489 g/mol. The number of rotatable bonds is 7. The Morgan fingerprint density at radius 1 is 0.970 bits per heavy atom. The predicted octanol–water partition coefficient (Wildman–Crippen LogP) is 3.71. The van der Waals surface area contributed by atoms with Gasteiger partial charge in [-0.25, -0.2) is 8.42 Å². The fourth-order valence-electron chi connectivity index (χ4n) is 3.40. The Morgan fingerprint density at radius 3 is 2.21 bits per heavy atom. The Hall–Kier alpha value is -2.92. The molecule has 1 N–H and O–H groups in total. The number of thiophene rings is 1. The van der Waals surface area contributed by atoms with Gasteiger partial charge in [0.1, 0.15) is 15.7 Å². The molecular weight excluding hydrogens is 464 g/mol. The molecule has 3 aromatic rings. The van der Waals surface area contributed by atoms with Crippen LogP contribution in [0, 0.1) is 0 Å². The third-order valence-corrected chi connectivity index (χ3v) is 8.69. The first kappa shape index (κ1) is 23.2. The zero-order chi connectivity index (χ0) is 23.4. The molecule has 1 amide bonds. The van der Waals surface area contributed by atoms with Gasteiger partial charge in [0.15, 0.2) is 0 Å². The Balaban J connectivity index is 1.48. The minimum absolute atomic E-state index is 0.279. The summed E-state index contributed by atoms with van der Waals surface area (Å²) >= 11 is 1.21. The fraction of sp³-hybridized carbons (Fsp3) is 0.261. The third kappa shape index (κ3) is 5.19. The lowest BCUT2D eigenvalue weighted by atomic mass is 10.1. The van der Waals surface area contributed by atoms with Crippen molar-refractivity contribution in [3.8, 4) is 21.9 Å². The van der Waals surface area contributed by atoms with E-state index in [1.165, 1.54) is 15.6 Å². The van der Waals surface area contributed by atoms with Gasteiger partial charge in [0, 0.05) is 47.4 Å². The van der Waals surface area contributed by atoms with Gasteiger partial charge >= 0.3 is 0 Å². The van der Waals surface area contributed by atoms with Crippen LogP contribution < -0.4 is 14.8 Å². The standard InChI is InChI=1S/C23H24N2O6S2/c1-29-19-13-18(14-20(15-19)30-2)24-23(26)17-5-3-16(4-6-17)21-7-8-22(32-21)33(27,28)25-9-11-31-12-10-25/h3-8,13-15H,9-12H2,1-2H3,(H,24,26). The van der Waals surface area contributed by atoms with Crippen LogP contribution in [-0.2, 0) is 14.8 Å². The van der Waals surface area contributed by atoms with E-state index in [1.807, 2.05) is 0 Å². The minimum atomic E-state index is -3.53. The second-order valence-corrected chi connectivity index (χ2v) is 10.5. The number of nitrogens with zero attached hydrogens (tertiary/aromatic N) is 1. The second kappa shape index (κ2) is 9.92. The number of morpholine rings is 1. The second-order valence-electron chi connectivity index (χ2n) is 7.27. The van der Waals surface area contributed by atoms with Crippen LogP contribution in [-0.4, -0.2) is 59.2 Å². The first-order valence-electron chi connectivity index (χ1n) is 10.2. The van der Waals surface area contributed by atoms with E-state index in [4.69, 9.17) is 14.2 Å². The van der Waals surface area contributed by atoms with Crippen molar-refractivity contribution in [3.63, 3.8) is 0 Å². The summed E-state index contributed by atoms with van der Waals surface area (Å²) in [5.74, 6) is 0.861. The maximum Gasteiger partial charge on any atom is 0.255 e. The number of carbonyl (C=O) groups excluding carboxylic acids is 1. The Labute approximate surface area is 196 Å². The molecule has 1 aliphatic rings.